The van der Waals surface area contributed by atoms with Crippen LogP contribution in [0, 0.1) is 5.82 Å². The summed E-state index contributed by atoms with van der Waals surface area (Å²) in [6.07, 6.45) is 0. The first-order chi connectivity index (χ1) is 9.14. The molecule has 0 heterocycles. The lowest BCUT2D eigenvalue weighted by molar-refractivity contribution is -0.139. The predicted molar refractivity (Wildman–Crippen MR) is 65.4 cm³/mol. The van der Waals surface area contributed by atoms with Gasteiger partial charge in [0.2, 0.25) is 10.0 Å². The van der Waals surface area contributed by atoms with E-state index in [-0.39, 0.29) is 4.31 Å². The molecule has 0 aliphatic rings. The fraction of sp³-hybridized carbons (Fsp3) is 0.200. The third-order valence-corrected chi connectivity index (χ3v) is 4.23. The van der Waals surface area contributed by atoms with Gasteiger partial charge in [-0.25, -0.2) is 12.8 Å². The van der Waals surface area contributed by atoms with Gasteiger partial charge in [0.25, 0.3) is 0 Å². The molecule has 1 aromatic carbocycles. The highest BCUT2D eigenvalue weighted by Gasteiger charge is 2.29. The normalized spacial score (nSPS) is 11.6. The smallest absolute Gasteiger partial charge is 0.318 e. The number of carboxylic acid groups (broad SMARTS) is 2. The van der Waals surface area contributed by atoms with E-state index in [9.17, 15) is 22.4 Å². The van der Waals surface area contributed by atoms with Gasteiger partial charge in [0.05, 0.1) is 9.92 Å². The minimum Gasteiger partial charge on any atom is -0.480 e. The molecule has 10 heteroatoms. The number of carboxylic acids is 2. The molecule has 0 atom stereocenters. The van der Waals surface area contributed by atoms with Crippen LogP contribution in [0.15, 0.2) is 23.1 Å². The lowest BCUT2D eigenvalue weighted by Gasteiger charge is -2.18. The summed E-state index contributed by atoms with van der Waals surface area (Å²) in [7, 11) is -4.41. The molecule has 0 fully saturated rings. The van der Waals surface area contributed by atoms with Crippen molar-refractivity contribution in [2.24, 2.45) is 0 Å². The quantitative estimate of drug-likeness (QED) is 0.793. The number of sulfonamides is 1. The van der Waals surface area contributed by atoms with E-state index in [1.807, 2.05) is 0 Å². The van der Waals surface area contributed by atoms with Crippen LogP contribution in [0.5, 0.6) is 0 Å². The maximum Gasteiger partial charge on any atom is 0.318 e. The van der Waals surface area contributed by atoms with E-state index >= 15 is 0 Å². The maximum atomic E-state index is 13.0. The number of aliphatic carboxylic acids is 2. The van der Waals surface area contributed by atoms with Crippen molar-refractivity contribution in [2.45, 2.75) is 4.90 Å². The molecule has 0 saturated heterocycles. The summed E-state index contributed by atoms with van der Waals surface area (Å²) in [6, 6.07) is 2.44. The summed E-state index contributed by atoms with van der Waals surface area (Å²) in [5.74, 6) is -3.90. The van der Waals surface area contributed by atoms with Crippen molar-refractivity contribution in [1.82, 2.24) is 4.31 Å². The van der Waals surface area contributed by atoms with Gasteiger partial charge in [-0.3, -0.25) is 9.59 Å². The Balaban J connectivity index is 3.24. The zero-order chi connectivity index (χ0) is 15.5. The molecule has 7 nitrogen and oxygen atoms in total. The number of carbonyl (C=O) groups is 2. The highest BCUT2D eigenvalue weighted by atomic mass is 35.5. The number of benzene rings is 1. The fourth-order valence-corrected chi connectivity index (χ4v) is 2.92. The molecule has 0 aromatic heterocycles. The van der Waals surface area contributed by atoms with E-state index in [1.54, 1.807) is 0 Å². The first-order valence-electron chi connectivity index (χ1n) is 5.03. The average Bonchev–Trinajstić information content (AvgIpc) is 2.30. The number of hydrogen-bond donors (Lipinski definition) is 2. The summed E-state index contributed by atoms with van der Waals surface area (Å²) in [6.45, 7) is -2.08. The third-order valence-electron chi connectivity index (χ3n) is 2.15. The summed E-state index contributed by atoms with van der Waals surface area (Å²) >= 11 is 5.45. The number of halogens is 2. The Morgan fingerprint density at radius 2 is 1.70 bits per heavy atom. The lowest BCUT2D eigenvalue weighted by Crippen LogP contribution is -2.39. The van der Waals surface area contributed by atoms with Crippen LogP contribution in [-0.4, -0.2) is 48.0 Å². The van der Waals surface area contributed by atoms with Crippen molar-refractivity contribution in [3.05, 3.63) is 29.0 Å². The molecular formula is C10H9ClFNO6S. The zero-order valence-electron chi connectivity index (χ0n) is 9.79. The standard InChI is InChI=1S/C10H9ClFNO6S/c11-7-3-6(1-2-8(7)12)20(18,19)13(4-9(14)15)5-10(16)17/h1-3H,4-5H2,(H,14,15)(H,16,17). The molecule has 0 aliphatic carbocycles. The molecular weight excluding hydrogens is 317 g/mol. The maximum absolute atomic E-state index is 13.0. The van der Waals surface area contributed by atoms with E-state index in [0.717, 1.165) is 18.2 Å². The number of hydrogen-bond acceptors (Lipinski definition) is 4. The second kappa shape index (κ2) is 6.16. The molecule has 1 rings (SSSR count). The first kappa shape index (κ1) is 16.3. The van der Waals surface area contributed by atoms with Crippen LogP contribution in [-0.2, 0) is 19.6 Å². The van der Waals surface area contributed by atoms with Gasteiger partial charge < -0.3 is 10.2 Å². The Bertz CT molecular complexity index is 631. The summed E-state index contributed by atoms with van der Waals surface area (Å²) < 4.78 is 37.4. The molecule has 0 radical (unpaired) electrons. The lowest BCUT2D eigenvalue weighted by atomic mass is 10.3. The number of nitrogens with zero attached hydrogens (tertiary/aromatic N) is 1. The van der Waals surface area contributed by atoms with Crippen molar-refractivity contribution in [1.29, 1.82) is 0 Å². The van der Waals surface area contributed by atoms with Gasteiger partial charge in [0.15, 0.2) is 0 Å². The van der Waals surface area contributed by atoms with Crippen molar-refractivity contribution < 1.29 is 32.6 Å². The second-order valence-electron chi connectivity index (χ2n) is 3.64. The van der Waals surface area contributed by atoms with Crippen molar-refractivity contribution >= 4 is 33.6 Å². The Morgan fingerprint density at radius 3 is 2.10 bits per heavy atom. The van der Waals surface area contributed by atoms with Gasteiger partial charge in [-0.05, 0) is 18.2 Å². The van der Waals surface area contributed by atoms with Gasteiger partial charge in [0.1, 0.15) is 18.9 Å². The van der Waals surface area contributed by atoms with Gasteiger partial charge >= 0.3 is 11.9 Å². The minimum absolute atomic E-state index is 0.237. The zero-order valence-corrected chi connectivity index (χ0v) is 11.4. The Labute approximate surface area is 118 Å². The molecule has 110 valence electrons. The Hall–Kier alpha value is -1.71. The van der Waals surface area contributed by atoms with E-state index in [2.05, 4.69) is 0 Å². The Kier molecular flexibility index (Phi) is 5.03. The van der Waals surface area contributed by atoms with Crippen LogP contribution >= 0.6 is 11.6 Å². The first-order valence-corrected chi connectivity index (χ1v) is 6.85. The van der Waals surface area contributed by atoms with Gasteiger partial charge in [0, 0.05) is 0 Å². The summed E-state index contributed by atoms with van der Waals surface area (Å²) in [4.78, 5) is 20.7. The van der Waals surface area contributed by atoms with Crippen LogP contribution < -0.4 is 0 Å². The van der Waals surface area contributed by atoms with Crippen LogP contribution in [0.3, 0.4) is 0 Å². The molecule has 0 saturated carbocycles. The highest BCUT2D eigenvalue weighted by Crippen LogP contribution is 2.22. The summed E-state index contributed by atoms with van der Waals surface area (Å²) in [5, 5.41) is 16.8. The minimum atomic E-state index is -4.41. The average molecular weight is 326 g/mol. The Morgan fingerprint density at radius 1 is 1.20 bits per heavy atom. The molecule has 0 bridgehead atoms. The molecule has 0 unspecified atom stereocenters. The molecule has 0 amide bonds. The largest absolute Gasteiger partial charge is 0.480 e. The summed E-state index contributed by atoms with van der Waals surface area (Å²) in [5.41, 5.74) is 0. The van der Waals surface area contributed by atoms with E-state index in [0.29, 0.717) is 0 Å². The topological polar surface area (TPSA) is 112 Å². The predicted octanol–water partition coefficient (Wildman–Crippen LogP) is 0.639. The monoisotopic (exact) mass is 325 g/mol. The van der Waals surface area contributed by atoms with Crippen LogP contribution in [0.25, 0.3) is 0 Å². The van der Waals surface area contributed by atoms with E-state index in [4.69, 9.17) is 21.8 Å². The fourth-order valence-electron chi connectivity index (χ4n) is 1.31. The molecule has 20 heavy (non-hydrogen) atoms. The van der Waals surface area contributed by atoms with Crippen LogP contribution in [0.1, 0.15) is 0 Å². The van der Waals surface area contributed by atoms with Gasteiger partial charge in [-0.1, -0.05) is 11.6 Å². The SMILES string of the molecule is O=C(O)CN(CC(=O)O)S(=O)(=O)c1ccc(F)c(Cl)c1. The van der Waals surface area contributed by atoms with Crippen LogP contribution in [0.4, 0.5) is 4.39 Å². The van der Waals surface area contributed by atoms with Crippen molar-refractivity contribution in [3.63, 3.8) is 0 Å². The van der Waals surface area contributed by atoms with Crippen molar-refractivity contribution in [2.75, 3.05) is 13.1 Å². The van der Waals surface area contributed by atoms with Gasteiger partial charge in [-0.2, -0.15) is 4.31 Å². The third kappa shape index (κ3) is 3.89. The van der Waals surface area contributed by atoms with Gasteiger partial charge in [-0.15, -0.1) is 0 Å². The molecule has 2 N–H and O–H groups in total. The number of rotatable bonds is 6. The van der Waals surface area contributed by atoms with E-state index in [1.165, 1.54) is 0 Å². The molecule has 0 spiro atoms. The molecule has 0 aliphatic heterocycles. The van der Waals surface area contributed by atoms with Crippen LogP contribution in [0.2, 0.25) is 5.02 Å². The van der Waals surface area contributed by atoms with E-state index < -0.39 is 50.8 Å². The van der Waals surface area contributed by atoms with Crippen molar-refractivity contribution in [3.8, 4) is 0 Å². The molecule has 1 aromatic rings. The highest BCUT2D eigenvalue weighted by molar-refractivity contribution is 7.89. The second-order valence-corrected chi connectivity index (χ2v) is 5.98.